The van der Waals surface area contributed by atoms with Gasteiger partial charge in [0.25, 0.3) is 0 Å². The normalized spacial score (nSPS) is 18.8. The smallest absolute Gasteiger partial charge is 0.108 e. The Hall–Kier alpha value is -1.86. The van der Waals surface area contributed by atoms with Crippen molar-refractivity contribution in [3.05, 3.63) is 70.7 Å². The van der Waals surface area contributed by atoms with E-state index in [-0.39, 0.29) is 12.1 Å². The number of nitrogens with zero attached hydrogens (tertiary/aromatic N) is 2. The monoisotopic (exact) mass is 354 g/mol. The first-order valence-electron chi connectivity index (χ1n) is 8.83. The molecule has 1 aliphatic rings. The Morgan fingerprint density at radius 1 is 1.12 bits per heavy atom. The highest BCUT2D eigenvalue weighted by Gasteiger charge is 2.23. The Morgan fingerprint density at radius 3 is 2.56 bits per heavy atom. The molecule has 2 atom stereocenters. The van der Waals surface area contributed by atoms with E-state index >= 15 is 0 Å². The van der Waals surface area contributed by atoms with E-state index in [2.05, 4.69) is 23.1 Å². The van der Waals surface area contributed by atoms with Gasteiger partial charge in [-0.15, -0.1) is 0 Å². The van der Waals surface area contributed by atoms with Crippen LogP contribution < -0.4 is 0 Å². The van der Waals surface area contributed by atoms with Crippen molar-refractivity contribution in [1.29, 1.82) is 5.26 Å². The zero-order chi connectivity index (χ0) is 17.5. The summed E-state index contributed by atoms with van der Waals surface area (Å²) in [6.07, 6.45) is 2.95. The summed E-state index contributed by atoms with van der Waals surface area (Å²) in [6, 6.07) is 20.6. The van der Waals surface area contributed by atoms with Gasteiger partial charge in [0.05, 0.1) is 12.1 Å². The van der Waals surface area contributed by atoms with Gasteiger partial charge in [-0.3, -0.25) is 4.90 Å². The van der Waals surface area contributed by atoms with Crippen LogP contribution in [0.3, 0.4) is 0 Å². The van der Waals surface area contributed by atoms with Crippen molar-refractivity contribution in [2.75, 3.05) is 19.7 Å². The Morgan fingerprint density at radius 2 is 1.84 bits per heavy atom. The van der Waals surface area contributed by atoms with Crippen LogP contribution >= 0.6 is 11.6 Å². The molecule has 0 aliphatic carbocycles. The van der Waals surface area contributed by atoms with Gasteiger partial charge >= 0.3 is 0 Å². The molecule has 3 rings (SSSR count). The Bertz CT molecular complexity index is 696. The summed E-state index contributed by atoms with van der Waals surface area (Å²) < 4.78 is 6.23. The molecule has 2 aromatic rings. The first-order valence-corrected chi connectivity index (χ1v) is 9.21. The molecule has 130 valence electrons. The molecule has 1 saturated heterocycles. The van der Waals surface area contributed by atoms with Crippen LogP contribution in [0.2, 0.25) is 5.02 Å². The predicted molar refractivity (Wildman–Crippen MR) is 101 cm³/mol. The molecule has 0 spiro atoms. The van der Waals surface area contributed by atoms with Crippen molar-refractivity contribution in [3.8, 4) is 6.07 Å². The molecule has 1 fully saturated rings. The lowest BCUT2D eigenvalue weighted by Gasteiger charge is -2.22. The molecule has 0 aromatic heterocycles. The molecule has 0 N–H and O–H groups in total. The van der Waals surface area contributed by atoms with Gasteiger partial charge in [-0.1, -0.05) is 54.1 Å². The van der Waals surface area contributed by atoms with E-state index in [0.29, 0.717) is 6.61 Å². The molecule has 0 bridgehead atoms. The molecule has 0 radical (unpaired) electrons. The van der Waals surface area contributed by atoms with Gasteiger partial charge < -0.3 is 4.74 Å². The molecule has 0 saturated carbocycles. The SMILES string of the molecule is N#CC1CCCN1CCCO[C@@H](c1ccccc1)c1ccc(Cl)cc1. The minimum absolute atomic E-state index is 0.0844. The Balaban J connectivity index is 1.61. The van der Waals surface area contributed by atoms with E-state index in [0.717, 1.165) is 48.5 Å². The maximum atomic E-state index is 9.17. The van der Waals surface area contributed by atoms with Crippen molar-refractivity contribution in [2.45, 2.75) is 31.4 Å². The number of nitriles is 1. The third-order valence-electron chi connectivity index (χ3n) is 4.66. The molecule has 0 amide bonds. The quantitative estimate of drug-likeness (QED) is 0.668. The molecular weight excluding hydrogens is 332 g/mol. The first-order chi connectivity index (χ1) is 12.3. The first kappa shape index (κ1) is 17.9. The summed E-state index contributed by atoms with van der Waals surface area (Å²) in [5.74, 6) is 0. The zero-order valence-corrected chi connectivity index (χ0v) is 15.0. The van der Waals surface area contributed by atoms with Gasteiger partial charge in [0.1, 0.15) is 6.10 Å². The summed E-state index contributed by atoms with van der Waals surface area (Å²) in [4.78, 5) is 2.27. The third kappa shape index (κ3) is 4.83. The van der Waals surface area contributed by atoms with Crippen LogP contribution in [0.25, 0.3) is 0 Å². The molecule has 1 heterocycles. The van der Waals surface area contributed by atoms with Crippen molar-refractivity contribution in [2.24, 2.45) is 0 Å². The molecular formula is C21H23ClN2O. The third-order valence-corrected chi connectivity index (χ3v) is 4.91. The fourth-order valence-electron chi connectivity index (χ4n) is 3.36. The maximum Gasteiger partial charge on any atom is 0.108 e. The highest BCUT2D eigenvalue weighted by molar-refractivity contribution is 6.30. The Kier molecular flexibility index (Phi) is 6.47. The fourth-order valence-corrected chi connectivity index (χ4v) is 3.49. The van der Waals surface area contributed by atoms with Crippen molar-refractivity contribution < 1.29 is 4.74 Å². The minimum atomic E-state index is -0.0937. The Labute approximate surface area is 154 Å². The summed E-state index contributed by atoms with van der Waals surface area (Å²) in [6.45, 7) is 2.61. The molecule has 1 aliphatic heterocycles. The largest absolute Gasteiger partial charge is 0.369 e. The second-order valence-corrected chi connectivity index (χ2v) is 6.83. The van der Waals surface area contributed by atoms with E-state index < -0.39 is 0 Å². The van der Waals surface area contributed by atoms with Gasteiger partial charge in [-0.2, -0.15) is 5.26 Å². The molecule has 3 nitrogen and oxygen atoms in total. The number of benzene rings is 2. The van der Waals surface area contributed by atoms with E-state index in [4.69, 9.17) is 21.6 Å². The van der Waals surface area contributed by atoms with E-state index in [1.54, 1.807) is 0 Å². The van der Waals surface area contributed by atoms with Crippen LogP contribution in [0, 0.1) is 11.3 Å². The van der Waals surface area contributed by atoms with Gasteiger partial charge in [0.15, 0.2) is 0 Å². The topological polar surface area (TPSA) is 36.3 Å². The lowest BCUT2D eigenvalue weighted by atomic mass is 10.0. The lowest BCUT2D eigenvalue weighted by Crippen LogP contribution is -2.29. The van der Waals surface area contributed by atoms with Crippen molar-refractivity contribution >= 4 is 11.6 Å². The van der Waals surface area contributed by atoms with E-state index in [9.17, 15) is 0 Å². The van der Waals surface area contributed by atoms with Crippen LogP contribution in [-0.2, 0) is 4.74 Å². The number of hydrogen-bond donors (Lipinski definition) is 0. The highest BCUT2D eigenvalue weighted by atomic mass is 35.5. The number of ether oxygens (including phenoxy) is 1. The van der Waals surface area contributed by atoms with Crippen molar-refractivity contribution in [3.63, 3.8) is 0 Å². The van der Waals surface area contributed by atoms with Crippen LogP contribution in [0.15, 0.2) is 54.6 Å². The standard InChI is InChI=1S/C21H23ClN2O/c22-19-11-9-18(10-12-19)21(17-6-2-1-3-7-17)25-15-5-14-24-13-4-8-20(24)16-23/h1-3,6-7,9-12,20-21H,4-5,8,13-15H2/t20?,21-/m0/s1. The van der Waals surface area contributed by atoms with Gasteiger partial charge in [0, 0.05) is 18.2 Å². The van der Waals surface area contributed by atoms with Gasteiger partial charge in [-0.25, -0.2) is 0 Å². The molecule has 4 heteroatoms. The lowest BCUT2D eigenvalue weighted by molar-refractivity contribution is 0.0719. The summed E-state index contributed by atoms with van der Waals surface area (Å²) in [7, 11) is 0. The highest BCUT2D eigenvalue weighted by Crippen LogP contribution is 2.27. The number of hydrogen-bond acceptors (Lipinski definition) is 3. The fraction of sp³-hybridized carbons (Fsp3) is 0.381. The summed E-state index contributed by atoms with van der Waals surface area (Å²) in [5.41, 5.74) is 2.24. The predicted octanol–water partition coefficient (Wildman–Crippen LogP) is 4.82. The van der Waals surface area contributed by atoms with Crippen molar-refractivity contribution in [1.82, 2.24) is 4.90 Å². The van der Waals surface area contributed by atoms with Crippen LogP contribution in [0.1, 0.15) is 36.5 Å². The zero-order valence-electron chi connectivity index (χ0n) is 14.3. The van der Waals surface area contributed by atoms with Crippen LogP contribution in [-0.4, -0.2) is 30.6 Å². The molecule has 2 aromatic carbocycles. The number of likely N-dealkylation sites (tertiary alicyclic amines) is 1. The van der Waals surface area contributed by atoms with Gasteiger partial charge in [-0.05, 0) is 49.1 Å². The minimum Gasteiger partial charge on any atom is -0.369 e. The maximum absolute atomic E-state index is 9.17. The molecule has 1 unspecified atom stereocenters. The molecule has 25 heavy (non-hydrogen) atoms. The average Bonchev–Trinajstić information content (AvgIpc) is 3.11. The van der Waals surface area contributed by atoms with Crippen LogP contribution in [0.4, 0.5) is 0 Å². The van der Waals surface area contributed by atoms with Gasteiger partial charge in [0.2, 0.25) is 0 Å². The van der Waals surface area contributed by atoms with E-state index in [1.807, 2.05) is 42.5 Å². The second-order valence-electron chi connectivity index (χ2n) is 6.39. The average molecular weight is 355 g/mol. The van der Waals surface area contributed by atoms with Crippen LogP contribution in [0.5, 0.6) is 0 Å². The number of halogens is 1. The second kappa shape index (κ2) is 9.01. The summed E-state index contributed by atoms with van der Waals surface area (Å²) in [5, 5.41) is 9.90. The number of rotatable bonds is 7. The summed E-state index contributed by atoms with van der Waals surface area (Å²) >= 11 is 6.02. The van der Waals surface area contributed by atoms with E-state index in [1.165, 1.54) is 0 Å².